The van der Waals surface area contributed by atoms with E-state index >= 15 is 0 Å². The number of hydrogen-bond donors (Lipinski definition) is 3. The number of aromatic hydroxyl groups is 2. The van der Waals surface area contributed by atoms with E-state index in [1.165, 1.54) is 15.6 Å². The number of fused-ring (bicyclic) bond motifs is 5. The van der Waals surface area contributed by atoms with E-state index in [0.29, 0.717) is 6.04 Å². The second kappa shape index (κ2) is 6.42. The fraction of sp³-hybridized carbons (Fsp3) is 0.471. The van der Waals surface area contributed by atoms with Crippen LogP contribution in [-0.2, 0) is 19.4 Å². The molecule has 1 aliphatic heterocycles. The summed E-state index contributed by atoms with van der Waals surface area (Å²) in [5.74, 6) is 0.141. The van der Waals surface area contributed by atoms with Gasteiger partial charge >= 0.3 is 0 Å². The minimum absolute atomic E-state index is 0. The molecule has 4 rings (SSSR count). The van der Waals surface area contributed by atoms with Crippen LogP contribution in [0.15, 0.2) is 12.1 Å². The van der Waals surface area contributed by atoms with Gasteiger partial charge in [0.05, 0.1) is 10.7 Å². The Labute approximate surface area is 150 Å². The zero-order chi connectivity index (χ0) is 15.3. The Hall–Kier alpha value is -1.11. The summed E-state index contributed by atoms with van der Waals surface area (Å²) in [6.45, 7) is 3.08. The van der Waals surface area contributed by atoms with Crippen LogP contribution in [-0.4, -0.2) is 21.2 Å². The summed E-state index contributed by atoms with van der Waals surface area (Å²) in [7, 11) is 0. The topological polar surface area (TPSA) is 65.4 Å². The first-order valence-electron chi connectivity index (χ1n) is 7.94. The molecule has 3 N–H and O–H groups in total. The zero-order valence-electron chi connectivity index (χ0n) is 13.0. The molecule has 2 heterocycles. The van der Waals surface area contributed by atoms with Crippen molar-refractivity contribution in [2.24, 2.45) is 0 Å². The van der Waals surface area contributed by atoms with Gasteiger partial charge in [-0.2, -0.15) is 0 Å². The number of halogens is 1. The highest BCUT2D eigenvalue weighted by atomic mass is 79.9. The van der Waals surface area contributed by atoms with E-state index in [-0.39, 0.29) is 34.4 Å². The van der Waals surface area contributed by atoms with E-state index in [1.807, 2.05) is 11.3 Å². The van der Waals surface area contributed by atoms with Crippen molar-refractivity contribution < 1.29 is 10.2 Å². The van der Waals surface area contributed by atoms with E-state index < -0.39 is 0 Å². The Bertz CT molecular complexity index is 732. The summed E-state index contributed by atoms with van der Waals surface area (Å²) in [6.07, 6.45) is 4.11. The van der Waals surface area contributed by atoms with Crippen LogP contribution >= 0.6 is 28.3 Å². The second-order valence-electron chi connectivity index (χ2n) is 6.21. The lowest BCUT2D eigenvalue weighted by Crippen LogP contribution is -2.42. The maximum atomic E-state index is 9.91. The number of aromatic nitrogens is 1. The number of hydrogen-bond acceptors (Lipinski definition) is 5. The molecule has 0 radical (unpaired) electrons. The lowest BCUT2D eigenvalue weighted by atomic mass is 9.75. The van der Waals surface area contributed by atoms with E-state index in [1.54, 1.807) is 12.1 Å². The zero-order valence-corrected chi connectivity index (χ0v) is 15.5. The minimum atomic E-state index is -0.0319. The van der Waals surface area contributed by atoms with Gasteiger partial charge in [-0.05, 0) is 48.9 Å². The molecule has 6 heteroatoms. The number of nitrogens with zero attached hydrogens (tertiary/aromatic N) is 1. The molecule has 1 aromatic heterocycles. The molecule has 2 aromatic rings. The quantitative estimate of drug-likeness (QED) is 0.677. The second-order valence-corrected chi connectivity index (χ2v) is 7.38. The minimum Gasteiger partial charge on any atom is -0.504 e. The van der Waals surface area contributed by atoms with E-state index in [9.17, 15) is 10.2 Å². The number of phenolic OH excluding ortho intramolecular Hbond substituents is 2. The average Bonchev–Trinajstić information content (AvgIpc) is 2.91. The number of nitrogens with one attached hydrogen (secondary N) is 1. The first-order valence-corrected chi connectivity index (χ1v) is 8.75. The lowest BCUT2D eigenvalue weighted by molar-refractivity contribution is 0.378. The molecule has 1 aromatic carbocycles. The summed E-state index contributed by atoms with van der Waals surface area (Å²) in [4.78, 5) is 6.23. The number of rotatable bonds is 2. The van der Waals surface area contributed by atoms with Gasteiger partial charge in [-0.25, -0.2) is 4.98 Å². The van der Waals surface area contributed by atoms with Crippen molar-refractivity contribution in [1.82, 2.24) is 10.3 Å². The highest BCUT2D eigenvalue weighted by Crippen LogP contribution is 2.44. The lowest BCUT2D eigenvalue weighted by Gasteiger charge is -2.37. The van der Waals surface area contributed by atoms with E-state index in [4.69, 9.17) is 4.98 Å². The summed E-state index contributed by atoms with van der Waals surface area (Å²) in [6, 6.07) is 3.83. The molecule has 1 aliphatic carbocycles. The summed E-state index contributed by atoms with van der Waals surface area (Å²) in [5, 5.41) is 24.5. The molecule has 124 valence electrons. The molecule has 0 saturated heterocycles. The van der Waals surface area contributed by atoms with E-state index in [0.717, 1.165) is 43.4 Å². The SMILES string of the molecule is Br.CCCc1nc2c(s1)CN[C@@H]1CCc3cc(O)c(O)cc3[C@@H]21. The number of benzene rings is 1. The Morgan fingerprint density at radius 1 is 1.30 bits per heavy atom. The number of phenols is 2. The van der Waals surface area contributed by atoms with Gasteiger partial charge in [0.25, 0.3) is 0 Å². The predicted molar refractivity (Wildman–Crippen MR) is 97.0 cm³/mol. The Balaban J connectivity index is 0.00000156. The van der Waals surface area contributed by atoms with Crippen molar-refractivity contribution in [3.8, 4) is 11.5 Å². The van der Waals surface area contributed by atoms with Crippen molar-refractivity contribution in [3.63, 3.8) is 0 Å². The van der Waals surface area contributed by atoms with Crippen LogP contribution in [0.25, 0.3) is 0 Å². The highest BCUT2D eigenvalue weighted by Gasteiger charge is 2.37. The molecule has 23 heavy (non-hydrogen) atoms. The van der Waals surface area contributed by atoms with Gasteiger partial charge in [-0.15, -0.1) is 28.3 Å². The van der Waals surface area contributed by atoms with Crippen LogP contribution in [0, 0.1) is 0 Å². The third kappa shape index (κ3) is 2.77. The number of aryl methyl sites for hydroxylation is 2. The first-order chi connectivity index (χ1) is 10.7. The van der Waals surface area contributed by atoms with Crippen molar-refractivity contribution in [2.75, 3.05) is 0 Å². The van der Waals surface area contributed by atoms with Gasteiger partial charge in [0.2, 0.25) is 0 Å². The van der Waals surface area contributed by atoms with Crippen LogP contribution in [0.2, 0.25) is 0 Å². The van der Waals surface area contributed by atoms with Crippen LogP contribution < -0.4 is 5.32 Å². The molecule has 0 spiro atoms. The molecule has 4 nitrogen and oxygen atoms in total. The molecule has 0 unspecified atom stereocenters. The first kappa shape index (κ1) is 16.7. The summed E-state index contributed by atoms with van der Waals surface area (Å²) in [5.41, 5.74) is 3.44. The average molecular weight is 397 g/mol. The van der Waals surface area contributed by atoms with E-state index in [2.05, 4.69) is 12.2 Å². The van der Waals surface area contributed by atoms with Gasteiger partial charge < -0.3 is 15.5 Å². The van der Waals surface area contributed by atoms with Gasteiger partial charge in [-0.3, -0.25) is 0 Å². The van der Waals surface area contributed by atoms with Gasteiger partial charge in [-0.1, -0.05) is 6.92 Å². The summed E-state index contributed by atoms with van der Waals surface area (Å²) < 4.78 is 0. The highest BCUT2D eigenvalue weighted by molar-refractivity contribution is 8.93. The molecular weight excluding hydrogens is 376 g/mol. The fourth-order valence-electron chi connectivity index (χ4n) is 3.72. The van der Waals surface area contributed by atoms with Crippen LogP contribution in [0.4, 0.5) is 0 Å². The Kier molecular flexibility index (Phi) is 4.67. The molecular formula is C17H21BrN2O2S. The van der Waals surface area contributed by atoms with Gasteiger partial charge in [0.15, 0.2) is 11.5 Å². The molecule has 0 fully saturated rings. The maximum Gasteiger partial charge on any atom is 0.157 e. The predicted octanol–water partition coefficient (Wildman–Crippen LogP) is 3.63. The smallest absolute Gasteiger partial charge is 0.157 e. The number of thiazole rings is 1. The molecule has 0 saturated carbocycles. The Morgan fingerprint density at radius 2 is 2.09 bits per heavy atom. The third-order valence-corrected chi connectivity index (χ3v) is 5.88. The van der Waals surface area contributed by atoms with Crippen molar-refractivity contribution in [2.45, 2.75) is 51.1 Å². The molecule has 2 atom stereocenters. The third-order valence-electron chi connectivity index (χ3n) is 4.75. The largest absolute Gasteiger partial charge is 0.504 e. The standard InChI is InChI=1S/C17H20N2O2S.BrH/c1-2-3-15-19-17-14(22-15)8-18-11-5-4-9-6-12(20)13(21)7-10(9)16(11)17;/h6-7,11,16,18,20-21H,2-5,8H2,1H3;1H/t11-,16-;/m1./s1. The molecule has 0 amide bonds. The fourth-order valence-corrected chi connectivity index (χ4v) is 4.89. The molecule has 0 bridgehead atoms. The van der Waals surface area contributed by atoms with Crippen LogP contribution in [0.5, 0.6) is 11.5 Å². The van der Waals surface area contributed by atoms with Gasteiger partial charge in [0.1, 0.15) is 0 Å². The maximum absolute atomic E-state index is 9.91. The molecule has 2 aliphatic rings. The van der Waals surface area contributed by atoms with Crippen molar-refractivity contribution in [1.29, 1.82) is 0 Å². The van der Waals surface area contributed by atoms with Crippen LogP contribution in [0.3, 0.4) is 0 Å². The monoisotopic (exact) mass is 396 g/mol. The van der Waals surface area contributed by atoms with Crippen LogP contribution in [0.1, 0.15) is 52.4 Å². The summed E-state index contributed by atoms with van der Waals surface area (Å²) >= 11 is 1.81. The van der Waals surface area contributed by atoms with Crippen molar-refractivity contribution >= 4 is 28.3 Å². The Morgan fingerprint density at radius 3 is 2.87 bits per heavy atom. The normalized spacial score (nSPS) is 21.8. The van der Waals surface area contributed by atoms with Gasteiger partial charge in [0, 0.05) is 23.4 Å². The van der Waals surface area contributed by atoms with Crippen molar-refractivity contribution in [3.05, 3.63) is 38.8 Å².